The lowest BCUT2D eigenvalue weighted by atomic mass is 9.65. The Morgan fingerprint density at radius 3 is 2.31 bits per heavy atom. The van der Waals surface area contributed by atoms with Gasteiger partial charge in [-0.25, -0.2) is 0 Å². The second-order valence-electron chi connectivity index (χ2n) is 6.62. The minimum atomic E-state index is 0.428. The summed E-state index contributed by atoms with van der Waals surface area (Å²) >= 11 is 0. The molecule has 1 N–H and O–H groups in total. The molecule has 2 aliphatic rings. The van der Waals surface area contributed by atoms with Crippen LogP contribution >= 0.6 is 0 Å². The molecule has 16 heavy (non-hydrogen) atoms. The third-order valence-electron chi connectivity index (χ3n) is 5.57. The molecule has 1 heteroatoms. The average Bonchev–Trinajstić information content (AvgIpc) is 2.83. The summed E-state index contributed by atoms with van der Waals surface area (Å²) in [5.41, 5.74) is 0. The zero-order chi connectivity index (χ0) is 11.9. The fourth-order valence-electron chi connectivity index (χ4n) is 4.85. The Bertz CT molecular complexity index is 236. The zero-order valence-corrected chi connectivity index (χ0v) is 11.3. The standard InChI is InChI=1S/C15H28O/c1-5-10(4)15-11-6-12(8-16)13(7-11)14(15)9(2)3/h9-16H,5-8H2,1-4H3. The molecule has 6 atom stereocenters. The topological polar surface area (TPSA) is 20.2 Å². The molecule has 0 heterocycles. The quantitative estimate of drug-likeness (QED) is 0.774. The summed E-state index contributed by atoms with van der Waals surface area (Å²) in [6.45, 7) is 9.97. The van der Waals surface area contributed by atoms with Crippen molar-refractivity contribution in [1.29, 1.82) is 0 Å². The van der Waals surface area contributed by atoms with Gasteiger partial charge in [0.15, 0.2) is 0 Å². The van der Waals surface area contributed by atoms with Crippen LogP contribution in [0.3, 0.4) is 0 Å². The van der Waals surface area contributed by atoms with Crippen molar-refractivity contribution in [3.05, 3.63) is 0 Å². The Balaban J connectivity index is 2.16. The van der Waals surface area contributed by atoms with Crippen LogP contribution in [-0.4, -0.2) is 11.7 Å². The van der Waals surface area contributed by atoms with Crippen LogP contribution in [0.25, 0.3) is 0 Å². The third-order valence-corrected chi connectivity index (χ3v) is 5.57. The van der Waals surface area contributed by atoms with Gasteiger partial charge in [0.2, 0.25) is 0 Å². The van der Waals surface area contributed by atoms with Gasteiger partial charge < -0.3 is 5.11 Å². The minimum Gasteiger partial charge on any atom is -0.396 e. The summed E-state index contributed by atoms with van der Waals surface area (Å²) < 4.78 is 0. The highest BCUT2D eigenvalue weighted by Crippen LogP contribution is 2.59. The van der Waals surface area contributed by atoms with Crippen LogP contribution < -0.4 is 0 Å². The normalized spacial score (nSPS) is 44.2. The van der Waals surface area contributed by atoms with Gasteiger partial charge in [-0.1, -0.05) is 34.1 Å². The van der Waals surface area contributed by atoms with Crippen molar-refractivity contribution in [2.45, 2.75) is 47.0 Å². The van der Waals surface area contributed by atoms with E-state index in [0.717, 1.165) is 35.5 Å². The summed E-state index contributed by atoms with van der Waals surface area (Å²) in [6, 6.07) is 0. The molecule has 6 unspecified atom stereocenters. The number of fused-ring (bicyclic) bond motifs is 2. The molecule has 0 spiro atoms. The van der Waals surface area contributed by atoms with E-state index in [0.29, 0.717) is 12.5 Å². The van der Waals surface area contributed by atoms with Crippen molar-refractivity contribution >= 4 is 0 Å². The fraction of sp³-hybridized carbons (Fsp3) is 1.00. The summed E-state index contributed by atoms with van der Waals surface area (Å²) in [7, 11) is 0. The highest BCUT2D eigenvalue weighted by molar-refractivity contribution is 5.02. The molecule has 0 aromatic rings. The van der Waals surface area contributed by atoms with Gasteiger partial charge >= 0.3 is 0 Å². The number of rotatable bonds is 4. The smallest absolute Gasteiger partial charge is 0.0462 e. The van der Waals surface area contributed by atoms with Crippen molar-refractivity contribution in [3.63, 3.8) is 0 Å². The van der Waals surface area contributed by atoms with E-state index in [1.165, 1.54) is 19.3 Å². The molecule has 0 saturated heterocycles. The molecule has 2 rings (SSSR count). The molecule has 2 bridgehead atoms. The maximum Gasteiger partial charge on any atom is 0.0462 e. The van der Waals surface area contributed by atoms with Crippen LogP contribution in [0.15, 0.2) is 0 Å². The highest BCUT2D eigenvalue weighted by atomic mass is 16.3. The lowest BCUT2D eigenvalue weighted by molar-refractivity contribution is 0.0524. The van der Waals surface area contributed by atoms with Gasteiger partial charge in [0.1, 0.15) is 0 Å². The van der Waals surface area contributed by atoms with Crippen LogP contribution in [0.4, 0.5) is 0 Å². The molecule has 0 radical (unpaired) electrons. The molecule has 2 saturated carbocycles. The number of aliphatic hydroxyl groups is 1. The summed E-state index contributed by atoms with van der Waals surface area (Å²) in [5.74, 6) is 5.87. The maximum atomic E-state index is 9.47. The van der Waals surface area contributed by atoms with E-state index >= 15 is 0 Å². The Morgan fingerprint density at radius 1 is 1.12 bits per heavy atom. The summed E-state index contributed by atoms with van der Waals surface area (Å²) in [4.78, 5) is 0. The predicted molar refractivity (Wildman–Crippen MR) is 68.1 cm³/mol. The lowest BCUT2D eigenvalue weighted by Crippen LogP contribution is -2.36. The van der Waals surface area contributed by atoms with Crippen molar-refractivity contribution in [3.8, 4) is 0 Å². The number of hydrogen-bond donors (Lipinski definition) is 1. The molecule has 0 aliphatic heterocycles. The molecule has 0 aromatic heterocycles. The van der Waals surface area contributed by atoms with E-state index in [1.807, 2.05) is 0 Å². The first kappa shape index (κ1) is 12.4. The second-order valence-corrected chi connectivity index (χ2v) is 6.62. The van der Waals surface area contributed by atoms with Crippen LogP contribution in [0, 0.1) is 41.4 Å². The molecular formula is C15H28O. The Labute approximate surface area is 101 Å². The molecule has 0 amide bonds. The van der Waals surface area contributed by atoms with Gasteiger partial charge in [0.25, 0.3) is 0 Å². The van der Waals surface area contributed by atoms with Crippen LogP contribution in [0.1, 0.15) is 47.0 Å². The monoisotopic (exact) mass is 224 g/mol. The number of hydrogen-bond acceptors (Lipinski definition) is 1. The Hall–Kier alpha value is -0.0400. The first-order valence-corrected chi connectivity index (χ1v) is 7.20. The molecule has 2 fully saturated rings. The first-order chi connectivity index (χ1) is 7.60. The second kappa shape index (κ2) is 4.68. The van der Waals surface area contributed by atoms with Crippen LogP contribution in [0.5, 0.6) is 0 Å². The average molecular weight is 224 g/mol. The van der Waals surface area contributed by atoms with Crippen LogP contribution in [-0.2, 0) is 0 Å². The Kier molecular flexibility index (Phi) is 3.63. The predicted octanol–water partition coefficient (Wildman–Crippen LogP) is 3.57. The molecule has 1 nitrogen and oxygen atoms in total. The van der Waals surface area contributed by atoms with Gasteiger partial charge in [0, 0.05) is 6.61 Å². The fourth-order valence-corrected chi connectivity index (χ4v) is 4.85. The van der Waals surface area contributed by atoms with E-state index < -0.39 is 0 Å². The first-order valence-electron chi connectivity index (χ1n) is 7.20. The van der Waals surface area contributed by atoms with Crippen molar-refractivity contribution in [1.82, 2.24) is 0 Å². The molecular weight excluding hydrogens is 196 g/mol. The van der Waals surface area contributed by atoms with Gasteiger partial charge in [0.05, 0.1) is 0 Å². The SMILES string of the molecule is CCC(C)C1C2CC(CO)C(C2)C1C(C)C. The zero-order valence-electron chi connectivity index (χ0n) is 11.3. The largest absolute Gasteiger partial charge is 0.396 e. The van der Waals surface area contributed by atoms with Crippen molar-refractivity contribution in [2.24, 2.45) is 41.4 Å². The summed E-state index contributed by atoms with van der Waals surface area (Å²) in [6.07, 6.45) is 4.03. The van der Waals surface area contributed by atoms with E-state index in [1.54, 1.807) is 0 Å². The van der Waals surface area contributed by atoms with Gasteiger partial charge in [-0.05, 0) is 54.3 Å². The lowest BCUT2D eigenvalue weighted by Gasteiger charge is -2.40. The van der Waals surface area contributed by atoms with Gasteiger partial charge in [-0.2, -0.15) is 0 Å². The van der Waals surface area contributed by atoms with Crippen LogP contribution in [0.2, 0.25) is 0 Å². The summed E-state index contributed by atoms with van der Waals surface area (Å²) in [5, 5.41) is 9.47. The van der Waals surface area contributed by atoms with Crippen molar-refractivity contribution < 1.29 is 5.11 Å². The number of aliphatic hydroxyl groups excluding tert-OH is 1. The van der Waals surface area contributed by atoms with E-state index in [2.05, 4.69) is 27.7 Å². The minimum absolute atomic E-state index is 0.428. The van der Waals surface area contributed by atoms with E-state index in [-0.39, 0.29) is 0 Å². The maximum absolute atomic E-state index is 9.47. The highest BCUT2D eigenvalue weighted by Gasteiger charge is 2.53. The van der Waals surface area contributed by atoms with E-state index in [4.69, 9.17) is 0 Å². The molecule has 0 aromatic carbocycles. The third kappa shape index (κ3) is 1.81. The van der Waals surface area contributed by atoms with Crippen molar-refractivity contribution in [2.75, 3.05) is 6.61 Å². The Morgan fingerprint density at radius 2 is 1.81 bits per heavy atom. The molecule has 2 aliphatic carbocycles. The van der Waals surface area contributed by atoms with Gasteiger partial charge in [-0.3, -0.25) is 0 Å². The van der Waals surface area contributed by atoms with Gasteiger partial charge in [-0.15, -0.1) is 0 Å². The molecule has 94 valence electrons. The van der Waals surface area contributed by atoms with E-state index in [9.17, 15) is 5.11 Å².